The highest BCUT2D eigenvalue weighted by atomic mass is 16.5. The molecule has 82 heavy (non-hydrogen) atoms. The van der Waals surface area contributed by atoms with E-state index < -0.39 is 12.1 Å². The molecule has 2 atom stereocenters. The van der Waals surface area contributed by atoms with E-state index in [2.05, 4.69) is 43.5 Å². The van der Waals surface area contributed by atoms with Gasteiger partial charge < -0.3 is 20.3 Å². The Balaban J connectivity index is 3.40. The molecule has 0 aliphatic carbocycles. The van der Waals surface area contributed by atoms with Crippen molar-refractivity contribution in [3.63, 3.8) is 0 Å². The summed E-state index contributed by atoms with van der Waals surface area (Å²) in [6.07, 6.45) is 92.3. The van der Waals surface area contributed by atoms with Crippen LogP contribution in [0.5, 0.6) is 0 Å². The maximum Gasteiger partial charge on any atom is 0.305 e. The molecule has 6 heteroatoms. The van der Waals surface area contributed by atoms with Gasteiger partial charge in [-0.3, -0.25) is 9.59 Å². The van der Waals surface area contributed by atoms with Crippen molar-refractivity contribution < 1.29 is 24.5 Å². The number of carbonyl (C=O) groups excluding carboxylic acids is 2. The normalized spacial score (nSPS) is 12.7. The third kappa shape index (κ3) is 67.2. The Hall–Kier alpha value is -1.92. The van der Waals surface area contributed by atoms with Gasteiger partial charge in [0.25, 0.3) is 0 Å². The molecule has 2 unspecified atom stereocenters. The highest BCUT2D eigenvalue weighted by molar-refractivity contribution is 5.76. The second-order valence-electron chi connectivity index (χ2n) is 25.6. The number of hydrogen-bond acceptors (Lipinski definition) is 5. The number of aliphatic hydroxyl groups excluding tert-OH is 2. The van der Waals surface area contributed by atoms with Crippen LogP contribution in [0, 0.1) is 0 Å². The Labute approximate surface area is 513 Å². The molecule has 484 valence electrons. The number of hydrogen-bond donors (Lipinski definition) is 3. The first-order valence-electron chi connectivity index (χ1n) is 37.3. The molecular formula is C76H145NO5. The van der Waals surface area contributed by atoms with Crippen LogP contribution in [0.15, 0.2) is 36.5 Å². The van der Waals surface area contributed by atoms with Crippen molar-refractivity contribution in [3.8, 4) is 0 Å². The molecule has 0 radical (unpaired) electrons. The first-order valence-corrected chi connectivity index (χ1v) is 37.3. The van der Waals surface area contributed by atoms with Crippen LogP contribution in [-0.4, -0.2) is 47.4 Å². The number of carbonyl (C=O) groups is 2. The maximum atomic E-state index is 12.5. The molecule has 6 nitrogen and oxygen atoms in total. The summed E-state index contributed by atoms with van der Waals surface area (Å²) in [4.78, 5) is 24.6. The lowest BCUT2D eigenvalue weighted by Gasteiger charge is -2.20. The number of ether oxygens (including phenoxy) is 1. The van der Waals surface area contributed by atoms with Crippen LogP contribution in [0.1, 0.15) is 412 Å². The van der Waals surface area contributed by atoms with Gasteiger partial charge in [-0.1, -0.05) is 352 Å². The highest BCUT2D eigenvalue weighted by Gasteiger charge is 2.18. The number of esters is 1. The summed E-state index contributed by atoms with van der Waals surface area (Å²) < 4.78 is 5.50. The third-order valence-electron chi connectivity index (χ3n) is 17.4. The van der Waals surface area contributed by atoms with Gasteiger partial charge in [0, 0.05) is 12.8 Å². The lowest BCUT2D eigenvalue weighted by atomic mass is 10.0. The smallest absolute Gasteiger partial charge is 0.305 e. The first kappa shape index (κ1) is 80.1. The number of aliphatic hydroxyl groups is 2. The first-order chi connectivity index (χ1) is 40.5. The zero-order valence-corrected chi connectivity index (χ0v) is 55.5. The average Bonchev–Trinajstić information content (AvgIpc) is 3.48. The second kappa shape index (κ2) is 71.6. The van der Waals surface area contributed by atoms with Crippen molar-refractivity contribution in [1.82, 2.24) is 5.32 Å². The van der Waals surface area contributed by atoms with Crippen LogP contribution in [0.2, 0.25) is 0 Å². The lowest BCUT2D eigenvalue weighted by molar-refractivity contribution is -0.143. The minimum atomic E-state index is -0.846. The van der Waals surface area contributed by atoms with Gasteiger partial charge in [0.2, 0.25) is 5.91 Å². The predicted molar refractivity (Wildman–Crippen MR) is 361 cm³/mol. The van der Waals surface area contributed by atoms with Crippen molar-refractivity contribution in [1.29, 1.82) is 0 Å². The quantitative estimate of drug-likeness (QED) is 0.0320. The van der Waals surface area contributed by atoms with Gasteiger partial charge in [0.15, 0.2) is 0 Å². The standard InChI is InChI=1S/C76H145NO5/c1-3-5-7-9-11-13-15-17-19-21-22-30-33-37-40-44-48-52-56-60-64-68-74(79)73(72-78)77-75(80)69-65-61-57-53-49-45-41-38-34-31-28-26-24-23-25-27-29-32-35-39-43-47-51-55-59-63-67-71-82-76(81)70-66-62-58-54-50-46-42-36-20-18-16-14-12-10-8-6-4-2/h18,20,23-24,64,68,73-74,78-79H,3-17,19,21-22,25-63,65-67,69-72H2,1-2H3,(H,77,80)/b20-18-,24-23-,68-64+. The summed E-state index contributed by atoms with van der Waals surface area (Å²) in [6.45, 7) is 4.94. The van der Waals surface area contributed by atoms with Crippen LogP contribution < -0.4 is 5.32 Å². The molecule has 0 saturated heterocycles. The van der Waals surface area contributed by atoms with Gasteiger partial charge in [-0.05, 0) is 83.5 Å². The van der Waals surface area contributed by atoms with Crippen LogP contribution in [-0.2, 0) is 14.3 Å². The van der Waals surface area contributed by atoms with E-state index in [1.165, 1.54) is 340 Å². The van der Waals surface area contributed by atoms with Crippen molar-refractivity contribution >= 4 is 11.9 Å². The van der Waals surface area contributed by atoms with Gasteiger partial charge in [-0.25, -0.2) is 0 Å². The van der Waals surface area contributed by atoms with Gasteiger partial charge in [0.05, 0.1) is 25.4 Å². The summed E-state index contributed by atoms with van der Waals surface area (Å²) in [5, 5.41) is 23.3. The molecule has 0 fully saturated rings. The van der Waals surface area contributed by atoms with E-state index in [0.717, 1.165) is 44.9 Å². The Morgan fingerprint density at radius 1 is 0.329 bits per heavy atom. The van der Waals surface area contributed by atoms with E-state index in [1.54, 1.807) is 6.08 Å². The molecule has 0 rings (SSSR count). The molecule has 0 aromatic rings. The van der Waals surface area contributed by atoms with E-state index in [4.69, 9.17) is 4.74 Å². The summed E-state index contributed by atoms with van der Waals surface area (Å²) >= 11 is 0. The molecule has 0 bridgehead atoms. The van der Waals surface area contributed by atoms with E-state index in [1.807, 2.05) is 6.08 Å². The minimum Gasteiger partial charge on any atom is -0.466 e. The van der Waals surface area contributed by atoms with Gasteiger partial charge in [-0.15, -0.1) is 0 Å². The maximum absolute atomic E-state index is 12.5. The molecule has 0 saturated carbocycles. The number of nitrogens with one attached hydrogen (secondary N) is 1. The molecule has 1 amide bonds. The summed E-state index contributed by atoms with van der Waals surface area (Å²) in [5.74, 6) is -0.0529. The monoisotopic (exact) mass is 1150 g/mol. The summed E-state index contributed by atoms with van der Waals surface area (Å²) in [5.41, 5.74) is 0. The van der Waals surface area contributed by atoms with Crippen LogP contribution >= 0.6 is 0 Å². The Morgan fingerprint density at radius 3 is 0.866 bits per heavy atom. The molecule has 0 heterocycles. The van der Waals surface area contributed by atoms with Crippen LogP contribution in [0.4, 0.5) is 0 Å². The Morgan fingerprint density at radius 2 is 0.573 bits per heavy atom. The van der Waals surface area contributed by atoms with Crippen LogP contribution in [0.3, 0.4) is 0 Å². The number of amides is 1. The fraction of sp³-hybridized carbons (Fsp3) is 0.895. The topological polar surface area (TPSA) is 95.9 Å². The fourth-order valence-electron chi connectivity index (χ4n) is 11.7. The summed E-state index contributed by atoms with van der Waals surface area (Å²) in [6, 6.07) is -0.630. The second-order valence-corrected chi connectivity index (χ2v) is 25.6. The Bertz CT molecular complexity index is 1330. The lowest BCUT2D eigenvalue weighted by Crippen LogP contribution is -2.45. The molecule has 0 aromatic carbocycles. The third-order valence-corrected chi connectivity index (χ3v) is 17.4. The molecule has 0 aliphatic heterocycles. The van der Waals surface area contributed by atoms with E-state index in [9.17, 15) is 19.8 Å². The largest absolute Gasteiger partial charge is 0.466 e. The molecule has 0 aliphatic rings. The number of allylic oxidation sites excluding steroid dienone is 5. The molecule has 3 N–H and O–H groups in total. The van der Waals surface area contributed by atoms with Crippen molar-refractivity contribution in [3.05, 3.63) is 36.5 Å². The van der Waals surface area contributed by atoms with Crippen molar-refractivity contribution in [2.45, 2.75) is 424 Å². The SMILES string of the molecule is CCCCCCCC/C=C\CCCCCCCCCC(=O)OCCCCCCCCCCCCCC/C=C\CCCCCCCCCCCCCC(=O)NC(CO)C(O)/C=C/CCCCCCCCCCCCCCCCCCCCC. The van der Waals surface area contributed by atoms with Gasteiger partial charge in [0.1, 0.15) is 0 Å². The van der Waals surface area contributed by atoms with E-state index in [-0.39, 0.29) is 18.5 Å². The number of unbranched alkanes of at least 4 members (excludes halogenated alkanes) is 55. The van der Waals surface area contributed by atoms with E-state index in [0.29, 0.717) is 19.4 Å². The fourth-order valence-corrected chi connectivity index (χ4v) is 11.7. The number of rotatable bonds is 70. The van der Waals surface area contributed by atoms with Gasteiger partial charge in [-0.2, -0.15) is 0 Å². The van der Waals surface area contributed by atoms with E-state index >= 15 is 0 Å². The molecule has 0 aromatic heterocycles. The van der Waals surface area contributed by atoms with Crippen molar-refractivity contribution in [2.75, 3.05) is 13.2 Å². The summed E-state index contributed by atoms with van der Waals surface area (Å²) in [7, 11) is 0. The minimum absolute atomic E-state index is 0.0121. The predicted octanol–water partition coefficient (Wildman–Crippen LogP) is 24.3. The Kier molecular flexibility index (Phi) is 69.9. The molecule has 0 spiro atoms. The zero-order chi connectivity index (χ0) is 59.2. The molecular weight excluding hydrogens is 1010 g/mol. The zero-order valence-electron chi connectivity index (χ0n) is 55.5. The van der Waals surface area contributed by atoms with Crippen molar-refractivity contribution in [2.24, 2.45) is 0 Å². The average molecular weight is 1150 g/mol. The van der Waals surface area contributed by atoms with Gasteiger partial charge >= 0.3 is 5.97 Å². The van der Waals surface area contributed by atoms with Crippen LogP contribution in [0.25, 0.3) is 0 Å². The highest BCUT2D eigenvalue weighted by Crippen LogP contribution is 2.19.